The Morgan fingerprint density at radius 3 is 2.47 bits per heavy atom. The molecule has 0 spiro atoms. The number of aliphatic imine (C=N–C) groups is 1. The Balaban J connectivity index is 1.89. The molecule has 2 rings (SSSR count). The monoisotopic (exact) mass is 419 g/mol. The van der Waals surface area contributed by atoms with Gasteiger partial charge in [-0.25, -0.2) is 0 Å². The molecule has 1 saturated carbocycles. The molecule has 1 aromatic rings. The maximum absolute atomic E-state index is 5.96. The van der Waals surface area contributed by atoms with Crippen LogP contribution >= 0.6 is 0 Å². The molecular weight excluding hydrogens is 378 g/mol. The van der Waals surface area contributed by atoms with E-state index in [4.69, 9.17) is 14.2 Å². The van der Waals surface area contributed by atoms with Crippen LogP contribution in [0.15, 0.2) is 23.2 Å². The second kappa shape index (κ2) is 13.5. The van der Waals surface area contributed by atoms with E-state index in [-0.39, 0.29) is 0 Å². The molecule has 0 bridgehead atoms. The minimum absolute atomic E-state index is 0.324. The molecule has 6 nitrogen and oxygen atoms in total. The highest BCUT2D eigenvalue weighted by Crippen LogP contribution is 2.40. The molecule has 0 unspecified atom stereocenters. The van der Waals surface area contributed by atoms with E-state index in [1.54, 1.807) is 0 Å². The predicted molar refractivity (Wildman–Crippen MR) is 123 cm³/mol. The van der Waals surface area contributed by atoms with Gasteiger partial charge in [0.05, 0.1) is 6.61 Å². The Hall–Kier alpha value is -1.79. The zero-order valence-corrected chi connectivity index (χ0v) is 19.4. The Kier molecular flexibility index (Phi) is 11.0. The van der Waals surface area contributed by atoms with Gasteiger partial charge in [-0.1, -0.05) is 25.0 Å². The van der Waals surface area contributed by atoms with Crippen molar-refractivity contribution in [2.45, 2.75) is 59.4 Å². The number of rotatable bonds is 13. The number of ether oxygens (including phenoxy) is 3. The molecule has 1 fully saturated rings. The second-order valence-electron chi connectivity index (χ2n) is 8.09. The summed E-state index contributed by atoms with van der Waals surface area (Å²) in [6, 6.07) is 6.32. The molecule has 1 aliphatic rings. The highest BCUT2D eigenvalue weighted by molar-refractivity contribution is 5.79. The minimum Gasteiger partial charge on any atom is -0.491 e. The Labute approximate surface area is 182 Å². The van der Waals surface area contributed by atoms with Gasteiger partial charge in [0.1, 0.15) is 12.4 Å². The molecule has 6 heteroatoms. The highest BCUT2D eigenvalue weighted by Gasteiger charge is 2.33. The van der Waals surface area contributed by atoms with E-state index < -0.39 is 0 Å². The molecular formula is C24H41N3O3. The number of aryl methyl sites for hydroxylation is 1. The highest BCUT2D eigenvalue weighted by atomic mass is 16.5. The van der Waals surface area contributed by atoms with E-state index in [1.807, 2.05) is 14.0 Å². The van der Waals surface area contributed by atoms with Crippen molar-refractivity contribution in [2.75, 3.05) is 46.6 Å². The molecule has 1 aromatic carbocycles. The normalized spacial score (nSPS) is 15.9. The van der Waals surface area contributed by atoms with Crippen LogP contribution in [0.5, 0.6) is 5.75 Å². The van der Waals surface area contributed by atoms with Gasteiger partial charge in [-0.3, -0.25) is 4.99 Å². The zero-order valence-electron chi connectivity index (χ0n) is 19.4. The summed E-state index contributed by atoms with van der Waals surface area (Å²) in [7, 11) is 1.82. The number of guanidine groups is 1. The lowest BCUT2D eigenvalue weighted by Crippen LogP contribution is -2.43. The molecule has 0 atom stereocenters. The Bertz CT molecular complexity index is 643. The van der Waals surface area contributed by atoms with Crippen LogP contribution in [0.25, 0.3) is 0 Å². The lowest BCUT2D eigenvalue weighted by atomic mass is 9.83. The average molecular weight is 420 g/mol. The summed E-state index contributed by atoms with van der Waals surface area (Å²) < 4.78 is 17.0. The summed E-state index contributed by atoms with van der Waals surface area (Å²) in [6.07, 6.45) is 6.26. The molecule has 0 radical (unpaired) electrons. The summed E-state index contributed by atoms with van der Waals surface area (Å²) in [6.45, 7) is 11.2. The quantitative estimate of drug-likeness (QED) is 0.287. The molecule has 1 aliphatic carbocycles. The van der Waals surface area contributed by atoms with Crippen molar-refractivity contribution in [3.05, 3.63) is 29.3 Å². The molecule has 0 aliphatic heterocycles. The van der Waals surface area contributed by atoms with Gasteiger partial charge in [-0.15, -0.1) is 0 Å². The third-order valence-electron chi connectivity index (χ3n) is 5.86. The van der Waals surface area contributed by atoms with E-state index >= 15 is 0 Å². The van der Waals surface area contributed by atoms with Gasteiger partial charge in [0, 0.05) is 45.5 Å². The summed E-state index contributed by atoms with van der Waals surface area (Å²) >= 11 is 0. The van der Waals surface area contributed by atoms with Crippen LogP contribution in [0.2, 0.25) is 0 Å². The topological polar surface area (TPSA) is 64.1 Å². The van der Waals surface area contributed by atoms with Gasteiger partial charge in [0.15, 0.2) is 5.96 Å². The van der Waals surface area contributed by atoms with Gasteiger partial charge >= 0.3 is 0 Å². The summed E-state index contributed by atoms with van der Waals surface area (Å²) in [5.74, 6) is 1.74. The number of hydrogen-bond acceptors (Lipinski definition) is 4. The van der Waals surface area contributed by atoms with E-state index in [1.165, 1.54) is 31.2 Å². The predicted octanol–water partition coefficient (Wildman–Crippen LogP) is 4.06. The van der Waals surface area contributed by atoms with Gasteiger partial charge in [-0.05, 0) is 57.1 Å². The van der Waals surface area contributed by atoms with Crippen LogP contribution in [0.3, 0.4) is 0 Å². The van der Waals surface area contributed by atoms with Crippen LogP contribution in [-0.4, -0.2) is 52.6 Å². The number of hydrogen-bond donors (Lipinski definition) is 2. The molecule has 0 amide bonds. The largest absolute Gasteiger partial charge is 0.491 e. The van der Waals surface area contributed by atoms with Gasteiger partial charge in [0.2, 0.25) is 0 Å². The first kappa shape index (κ1) is 24.5. The average Bonchev–Trinajstić information content (AvgIpc) is 3.21. The molecule has 2 N–H and O–H groups in total. The molecule has 0 aromatic heterocycles. The SMILES string of the molecule is CCOCCOc1cc(C)ccc1CNC(=NC)NCC1(CCOCC)CCCC1. The Morgan fingerprint density at radius 2 is 1.77 bits per heavy atom. The van der Waals surface area contributed by atoms with Crippen LogP contribution in [-0.2, 0) is 16.0 Å². The second-order valence-corrected chi connectivity index (χ2v) is 8.09. The molecule has 170 valence electrons. The fourth-order valence-electron chi connectivity index (χ4n) is 4.04. The van der Waals surface area contributed by atoms with E-state index in [2.05, 4.69) is 47.7 Å². The third-order valence-corrected chi connectivity index (χ3v) is 5.86. The summed E-state index contributed by atoms with van der Waals surface area (Å²) in [5, 5.41) is 7.01. The Morgan fingerprint density at radius 1 is 1.03 bits per heavy atom. The molecule has 0 saturated heterocycles. The lowest BCUT2D eigenvalue weighted by Gasteiger charge is -2.30. The maximum atomic E-state index is 5.96. The standard InChI is InChI=1S/C24H41N3O3/c1-5-28-14-13-24(11-7-8-12-24)19-27-23(25-4)26-18-21-10-9-20(3)17-22(21)30-16-15-29-6-2/h9-10,17H,5-8,11-16,18-19H2,1-4H3,(H2,25,26,27). The van der Waals surface area contributed by atoms with E-state index in [0.29, 0.717) is 31.8 Å². The van der Waals surface area contributed by atoms with Crippen LogP contribution in [0.1, 0.15) is 57.1 Å². The number of benzene rings is 1. The third kappa shape index (κ3) is 8.15. The first-order valence-electron chi connectivity index (χ1n) is 11.4. The van der Waals surface area contributed by atoms with Gasteiger partial charge in [-0.2, -0.15) is 0 Å². The van der Waals surface area contributed by atoms with Gasteiger partial charge < -0.3 is 24.8 Å². The fraction of sp³-hybridized carbons (Fsp3) is 0.708. The zero-order chi connectivity index (χ0) is 21.7. The fourth-order valence-corrected chi connectivity index (χ4v) is 4.04. The van der Waals surface area contributed by atoms with Crippen molar-refractivity contribution in [3.63, 3.8) is 0 Å². The van der Waals surface area contributed by atoms with Gasteiger partial charge in [0.25, 0.3) is 0 Å². The van der Waals surface area contributed by atoms with Crippen molar-refractivity contribution in [1.29, 1.82) is 0 Å². The first-order chi connectivity index (χ1) is 14.6. The van der Waals surface area contributed by atoms with E-state index in [0.717, 1.165) is 43.5 Å². The minimum atomic E-state index is 0.324. The number of nitrogens with zero attached hydrogens (tertiary/aromatic N) is 1. The van der Waals surface area contributed by atoms with Crippen molar-refractivity contribution < 1.29 is 14.2 Å². The maximum Gasteiger partial charge on any atom is 0.191 e. The van der Waals surface area contributed by atoms with E-state index in [9.17, 15) is 0 Å². The van der Waals surface area contributed by atoms with Crippen LogP contribution in [0, 0.1) is 12.3 Å². The molecule has 30 heavy (non-hydrogen) atoms. The lowest BCUT2D eigenvalue weighted by molar-refractivity contribution is 0.105. The van der Waals surface area contributed by atoms with Crippen LogP contribution < -0.4 is 15.4 Å². The first-order valence-corrected chi connectivity index (χ1v) is 11.4. The van der Waals surface area contributed by atoms with Crippen LogP contribution in [0.4, 0.5) is 0 Å². The smallest absolute Gasteiger partial charge is 0.191 e. The molecule has 0 heterocycles. The number of nitrogens with one attached hydrogen (secondary N) is 2. The summed E-state index contributed by atoms with van der Waals surface area (Å²) in [4.78, 5) is 4.43. The van der Waals surface area contributed by atoms with Crippen molar-refractivity contribution in [1.82, 2.24) is 10.6 Å². The summed E-state index contributed by atoms with van der Waals surface area (Å²) in [5.41, 5.74) is 2.63. The van der Waals surface area contributed by atoms with Crippen molar-refractivity contribution in [2.24, 2.45) is 10.4 Å². The van der Waals surface area contributed by atoms with Crippen molar-refractivity contribution >= 4 is 5.96 Å². The van der Waals surface area contributed by atoms with Crippen molar-refractivity contribution in [3.8, 4) is 5.75 Å².